The van der Waals surface area contributed by atoms with Gasteiger partial charge in [0.1, 0.15) is 11.4 Å². The van der Waals surface area contributed by atoms with E-state index in [1.807, 2.05) is 24.3 Å². The van der Waals surface area contributed by atoms with Gasteiger partial charge in [0.15, 0.2) is 0 Å². The number of para-hydroxylation sites is 2. The molecule has 3 nitrogen and oxygen atoms in total. The van der Waals surface area contributed by atoms with Gasteiger partial charge < -0.3 is 10.7 Å². The van der Waals surface area contributed by atoms with Crippen LogP contribution in [-0.2, 0) is 5.54 Å². The minimum Gasteiger partial charge on any atom is -0.340 e. The SMILES string of the molecule is NC1(c2nc3ccccc3[nH]2)C(Cl)=CC=CC1Cl. The first-order valence-corrected chi connectivity index (χ1v) is 6.36. The number of nitrogens with one attached hydrogen (secondary N) is 1. The molecule has 3 N–H and O–H groups in total. The van der Waals surface area contributed by atoms with Crippen LogP contribution < -0.4 is 5.73 Å². The van der Waals surface area contributed by atoms with E-state index < -0.39 is 10.9 Å². The first-order valence-electron chi connectivity index (χ1n) is 5.55. The topological polar surface area (TPSA) is 54.7 Å². The number of fused-ring (bicyclic) bond motifs is 1. The van der Waals surface area contributed by atoms with Gasteiger partial charge in [0, 0.05) is 5.03 Å². The lowest BCUT2D eigenvalue weighted by Gasteiger charge is -2.31. The van der Waals surface area contributed by atoms with Crippen molar-refractivity contribution in [3.8, 4) is 0 Å². The number of allylic oxidation sites excluding steroid dienone is 2. The molecule has 0 amide bonds. The molecular weight excluding hydrogens is 269 g/mol. The molecule has 18 heavy (non-hydrogen) atoms. The minimum atomic E-state index is -1.00. The summed E-state index contributed by atoms with van der Waals surface area (Å²) in [6.07, 6.45) is 5.35. The summed E-state index contributed by atoms with van der Waals surface area (Å²) < 4.78 is 0. The Balaban J connectivity index is 2.18. The third-order valence-corrected chi connectivity index (χ3v) is 4.06. The second-order valence-electron chi connectivity index (χ2n) is 4.27. The van der Waals surface area contributed by atoms with Crippen LogP contribution >= 0.6 is 23.2 Å². The summed E-state index contributed by atoms with van der Waals surface area (Å²) in [7, 11) is 0. The monoisotopic (exact) mass is 279 g/mol. The van der Waals surface area contributed by atoms with Crippen LogP contribution in [0.15, 0.2) is 47.5 Å². The van der Waals surface area contributed by atoms with Gasteiger partial charge in [-0.2, -0.15) is 0 Å². The van der Waals surface area contributed by atoms with Crippen LogP contribution in [0, 0.1) is 0 Å². The highest BCUT2D eigenvalue weighted by Gasteiger charge is 2.41. The summed E-state index contributed by atoms with van der Waals surface area (Å²) in [6.45, 7) is 0. The predicted molar refractivity (Wildman–Crippen MR) is 74.7 cm³/mol. The fraction of sp³-hybridized carbons (Fsp3) is 0.154. The van der Waals surface area contributed by atoms with Crippen molar-refractivity contribution >= 4 is 34.2 Å². The number of halogens is 2. The Hall–Kier alpha value is -1.29. The minimum absolute atomic E-state index is 0.435. The summed E-state index contributed by atoms with van der Waals surface area (Å²) in [5, 5.41) is 0.0413. The fourth-order valence-corrected chi connectivity index (χ4v) is 2.69. The Morgan fingerprint density at radius 3 is 2.83 bits per heavy atom. The van der Waals surface area contributed by atoms with Crippen molar-refractivity contribution < 1.29 is 0 Å². The van der Waals surface area contributed by atoms with Crippen molar-refractivity contribution in [1.82, 2.24) is 9.97 Å². The number of hydrogen-bond donors (Lipinski definition) is 2. The maximum atomic E-state index is 6.35. The van der Waals surface area contributed by atoms with Crippen molar-refractivity contribution in [3.63, 3.8) is 0 Å². The molecule has 1 heterocycles. The van der Waals surface area contributed by atoms with E-state index in [2.05, 4.69) is 9.97 Å². The smallest absolute Gasteiger partial charge is 0.134 e. The Labute approximate surface area is 114 Å². The molecule has 2 aromatic rings. The second kappa shape index (κ2) is 4.12. The predicted octanol–water partition coefficient (Wildman–Crippen LogP) is 3.02. The van der Waals surface area contributed by atoms with E-state index in [9.17, 15) is 0 Å². The average molecular weight is 280 g/mol. The zero-order chi connectivity index (χ0) is 12.8. The van der Waals surface area contributed by atoms with Gasteiger partial charge in [0.25, 0.3) is 0 Å². The van der Waals surface area contributed by atoms with Crippen molar-refractivity contribution in [2.75, 3.05) is 0 Å². The normalized spacial score (nSPS) is 27.5. The summed E-state index contributed by atoms with van der Waals surface area (Å²) in [5.74, 6) is 0.578. The highest BCUT2D eigenvalue weighted by atomic mass is 35.5. The van der Waals surface area contributed by atoms with E-state index in [1.54, 1.807) is 18.2 Å². The molecule has 92 valence electrons. The third-order valence-electron chi connectivity index (χ3n) is 3.13. The zero-order valence-corrected chi connectivity index (χ0v) is 10.9. The van der Waals surface area contributed by atoms with E-state index in [0.29, 0.717) is 10.9 Å². The van der Waals surface area contributed by atoms with Crippen molar-refractivity contribution in [3.05, 3.63) is 53.4 Å². The van der Waals surface area contributed by atoms with E-state index >= 15 is 0 Å². The van der Waals surface area contributed by atoms with Crippen molar-refractivity contribution in [2.24, 2.45) is 5.73 Å². The number of H-pyrrole nitrogens is 1. The Morgan fingerprint density at radius 2 is 2.11 bits per heavy atom. The van der Waals surface area contributed by atoms with Gasteiger partial charge >= 0.3 is 0 Å². The molecule has 0 fully saturated rings. The number of imidazole rings is 1. The molecule has 5 heteroatoms. The van der Waals surface area contributed by atoms with Gasteiger partial charge in [-0.3, -0.25) is 0 Å². The molecule has 0 saturated carbocycles. The first kappa shape index (κ1) is 11.8. The highest BCUT2D eigenvalue weighted by molar-refractivity contribution is 6.33. The molecular formula is C13H11Cl2N3. The Bertz CT molecular complexity index is 626. The number of aromatic nitrogens is 2. The molecule has 0 bridgehead atoms. The van der Waals surface area contributed by atoms with Crippen molar-refractivity contribution in [2.45, 2.75) is 10.9 Å². The molecule has 0 aliphatic heterocycles. The van der Waals surface area contributed by atoms with Crippen LogP contribution in [0.1, 0.15) is 5.82 Å². The molecule has 1 aromatic heterocycles. The van der Waals surface area contributed by atoms with Crippen LogP contribution in [0.4, 0.5) is 0 Å². The number of nitrogens with two attached hydrogens (primary N) is 1. The van der Waals surface area contributed by atoms with Crippen LogP contribution in [0.3, 0.4) is 0 Å². The third kappa shape index (κ3) is 1.59. The molecule has 0 radical (unpaired) electrons. The zero-order valence-electron chi connectivity index (χ0n) is 9.40. The van der Waals surface area contributed by atoms with Gasteiger partial charge in [-0.05, 0) is 18.2 Å². The molecule has 0 spiro atoms. The lowest BCUT2D eigenvalue weighted by atomic mass is 9.90. The molecule has 3 rings (SSSR count). The first-order chi connectivity index (χ1) is 8.62. The summed E-state index contributed by atoms with van der Waals surface area (Å²) in [4.78, 5) is 7.67. The average Bonchev–Trinajstić information content (AvgIpc) is 2.80. The number of nitrogens with zero attached hydrogens (tertiary/aromatic N) is 1. The quantitative estimate of drug-likeness (QED) is 0.789. The van der Waals surface area contributed by atoms with Gasteiger partial charge in [0.05, 0.1) is 16.4 Å². The van der Waals surface area contributed by atoms with E-state index in [4.69, 9.17) is 28.9 Å². The Morgan fingerprint density at radius 1 is 1.33 bits per heavy atom. The molecule has 1 aromatic carbocycles. The number of hydrogen-bond acceptors (Lipinski definition) is 2. The number of alkyl halides is 1. The van der Waals surface area contributed by atoms with E-state index in [-0.39, 0.29) is 0 Å². The highest BCUT2D eigenvalue weighted by Crippen LogP contribution is 2.38. The molecule has 2 unspecified atom stereocenters. The number of rotatable bonds is 1. The standard InChI is InChI=1S/C13H11Cl2N3/c14-10-6-3-7-11(15)13(10,16)12-17-8-4-1-2-5-9(8)18-12/h1-7,10H,16H2,(H,17,18). The van der Waals surface area contributed by atoms with Crippen LogP contribution in [0.5, 0.6) is 0 Å². The number of aromatic amines is 1. The lowest BCUT2D eigenvalue weighted by molar-refractivity contribution is 0.529. The van der Waals surface area contributed by atoms with Crippen LogP contribution in [0.2, 0.25) is 0 Å². The second-order valence-corrected chi connectivity index (χ2v) is 5.15. The molecule has 1 aliphatic rings. The van der Waals surface area contributed by atoms with Crippen LogP contribution in [-0.4, -0.2) is 15.3 Å². The van der Waals surface area contributed by atoms with Gasteiger partial charge in [-0.1, -0.05) is 35.9 Å². The van der Waals surface area contributed by atoms with Gasteiger partial charge in [0.2, 0.25) is 0 Å². The maximum Gasteiger partial charge on any atom is 0.134 e. The number of benzene rings is 1. The molecule has 2 atom stereocenters. The summed E-state index contributed by atoms with van der Waals surface area (Å²) >= 11 is 12.5. The van der Waals surface area contributed by atoms with Crippen LogP contribution in [0.25, 0.3) is 11.0 Å². The Kier molecular flexibility index (Phi) is 2.70. The van der Waals surface area contributed by atoms with Gasteiger partial charge in [-0.25, -0.2) is 4.98 Å². The summed E-state index contributed by atoms with van der Waals surface area (Å²) in [6, 6.07) is 7.71. The largest absolute Gasteiger partial charge is 0.340 e. The summed E-state index contributed by atoms with van der Waals surface area (Å²) in [5.41, 5.74) is 7.12. The maximum absolute atomic E-state index is 6.35. The lowest BCUT2D eigenvalue weighted by Crippen LogP contribution is -2.47. The van der Waals surface area contributed by atoms with Crippen molar-refractivity contribution in [1.29, 1.82) is 0 Å². The van der Waals surface area contributed by atoms with Gasteiger partial charge in [-0.15, -0.1) is 11.6 Å². The van der Waals surface area contributed by atoms with E-state index in [1.165, 1.54) is 0 Å². The molecule has 0 saturated heterocycles. The fourth-order valence-electron chi connectivity index (χ4n) is 2.05. The van der Waals surface area contributed by atoms with E-state index in [0.717, 1.165) is 11.0 Å². The molecule has 1 aliphatic carbocycles.